The number of methoxy groups -OCH3 is 1. The first-order valence-electron chi connectivity index (χ1n) is 7.73. The first-order chi connectivity index (χ1) is 10.7. The van der Waals surface area contributed by atoms with Crippen molar-refractivity contribution >= 4 is 11.9 Å². The highest BCUT2D eigenvalue weighted by atomic mass is 16.8. The fourth-order valence-corrected chi connectivity index (χ4v) is 2.73. The van der Waals surface area contributed by atoms with Crippen molar-refractivity contribution in [1.29, 1.82) is 0 Å². The summed E-state index contributed by atoms with van der Waals surface area (Å²) < 4.78 is 16.4. The van der Waals surface area contributed by atoms with Crippen LogP contribution in [-0.2, 0) is 29.4 Å². The van der Waals surface area contributed by atoms with Crippen LogP contribution >= 0.6 is 0 Å². The molecule has 3 atom stereocenters. The average Bonchev–Trinajstić information content (AvgIpc) is 2.86. The number of esters is 2. The van der Waals surface area contributed by atoms with E-state index in [9.17, 15) is 9.59 Å². The first-order valence-corrected chi connectivity index (χ1v) is 7.73. The first kappa shape index (κ1) is 17.5. The van der Waals surface area contributed by atoms with Gasteiger partial charge in [0.1, 0.15) is 0 Å². The third-order valence-electron chi connectivity index (χ3n) is 4.11. The Morgan fingerprint density at radius 3 is 2.39 bits per heavy atom. The Morgan fingerprint density at radius 2 is 1.91 bits per heavy atom. The molecule has 0 spiro atoms. The molecule has 23 heavy (non-hydrogen) atoms. The number of ether oxygens (including phenoxy) is 3. The van der Waals surface area contributed by atoms with Crippen molar-refractivity contribution in [3.05, 3.63) is 35.9 Å². The van der Waals surface area contributed by atoms with Crippen molar-refractivity contribution in [3.63, 3.8) is 0 Å². The van der Waals surface area contributed by atoms with Gasteiger partial charge in [0.2, 0.25) is 6.29 Å². The van der Waals surface area contributed by atoms with E-state index in [4.69, 9.17) is 14.2 Å². The van der Waals surface area contributed by atoms with Crippen LogP contribution in [0.2, 0.25) is 0 Å². The second kappa shape index (κ2) is 6.32. The Morgan fingerprint density at radius 1 is 1.30 bits per heavy atom. The number of hydrogen-bond donors (Lipinski definition) is 0. The molecule has 0 unspecified atom stereocenters. The van der Waals surface area contributed by atoms with Crippen molar-refractivity contribution < 1.29 is 23.8 Å². The van der Waals surface area contributed by atoms with E-state index in [-0.39, 0.29) is 17.8 Å². The summed E-state index contributed by atoms with van der Waals surface area (Å²) in [6.07, 6.45) is -0.604. The standard InChI is InChI=1S/C18H24O5/c1-12(11-14(19)21-5)18(13-9-7-6-8-10-13)15(20)22-16(23-18)17(2,3)4/h6-10,12,16H,11H2,1-5H3/t12-,16-,18+/m1/s1. The number of rotatable bonds is 4. The third-order valence-corrected chi connectivity index (χ3v) is 4.11. The summed E-state index contributed by atoms with van der Waals surface area (Å²) in [5.41, 5.74) is -0.974. The lowest BCUT2D eigenvalue weighted by Gasteiger charge is -2.32. The van der Waals surface area contributed by atoms with Crippen LogP contribution < -0.4 is 0 Å². The quantitative estimate of drug-likeness (QED) is 0.798. The zero-order valence-electron chi connectivity index (χ0n) is 14.3. The van der Waals surface area contributed by atoms with E-state index in [1.165, 1.54) is 7.11 Å². The molecule has 1 fully saturated rings. The predicted molar refractivity (Wildman–Crippen MR) is 84.3 cm³/mol. The van der Waals surface area contributed by atoms with Gasteiger partial charge in [-0.1, -0.05) is 58.0 Å². The molecule has 1 aliphatic heterocycles. The van der Waals surface area contributed by atoms with Crippen LogP contribution in [0.25, 0.3) is 0 Å². The highest BCUT2D eigenvalue weighted by Crippen LogP contribution is 2.46. The Bertz CT molecular complexity index is 575. The van der Waals surface area contributed by atoms with Gasteiger partial charge in [-0.05, 0) is 5.56 Å². The van der Waals surface area contributed by atoms with E-state index in [0.29, 0.717) is 5.56 Å². The molecule has 0 bridgehead atoms. The summed E-state index contributed by atoms with van der Waals surface area (Å²) >= 11 is 0. The van der Waals surface area contributed by atoms with Crippen molar-refractivity contribution in [1.82, 2.24) is 0 Å². The molecule has 0 amide bonds. The molecule has 1 heterocycles. The van der Waals surface area contributed by atoms with Crippen LogP contribution in [0.15, 0.2) is 30.3 Å². The number of cyclic esters (lactones) is 1. The Kier molecular flexibility index (Phi) is 4.80. The molecule has 0 saturated carbocycles. The van der Waals surface area contributed by atoms with Crippen molar-refractivity contribution in [2.24, 2.45) is 11.3 Å². The molecular formula is C18H24O5. The van der Waals surface area contributed by atoms with Crippen molar-refractivity contribution in [2.75, 3.05) is 7.11 Å². The lowest BCUT2D eigenvalue weighted by molar-refractivity contribution is -0.166. The zero-order chi connectivity index (χ0) is 17.3. The molecule has 1 aliphatic rings. The summed E-state index contributed by atoms with van der Waals surface area (Å²) in [5.74, 6) is -1.26. The summed E-state index contributed by atoms with van der Waals surface area (Å²) in [6.45, 7) is 7.63. The van der Waals surface area contributed by atoms with Crippen LogP contribution in [0, 0.1) is 11.3 Å². The van der Waals surface area contributed by atoms with Gasteiger partial charge < -0.3 is 14.2 Å². The molecular weight excluding hydrogens is 296 g/mol. The van der Waals surface area contributed by atoms with Gasteiger partial charge in [0.15, 0.2) is 5.60 Å². The van der Waals surface area contributed by atoms with E-state index in [1.54, 1.807) is 6.92 Å². The smallest absolute Gasteiger partial charge is 0.345 e. The molecule has 0 radical (unpaired) electrons. The largest absolute Gasteiger partial charge is 0.469 e. The number of hydrogen-bond acceptors (Lipinski definition) is 5. The summed E-state index contributed by atoms with van der Waals surface area (Å²) in [4.78, 5) is 24.5. The maximum atomic E-state index is 12.8. The summed E-state index contributed by atoms with van der Waals surface area (Å²) in [6, 6.07) is 9.18. The van der Waals surface area contributed by atoms with Crippen LogP contribution in [-0.4, -0.2) is 25.3 Å². The van der Waals surface area contributed by atoms with Crippen LogP contribution in [0.5, 0.6) is 0 Å². The van der Waals surface area contributed by atoms with Crippen LogP contribution in [0.3, 0.4) is 0 Å². The maximum absolute atomic E-state index is 12.8. The molecule has 5 nitrogen and oxygen atoms in total. The third kappa shape index (κ3) is 3.24. The number of carbonyl (C=O) groups is 2. The number of carbonyl (C=O) groups excluding carboxylic acids is 2. The normalized spacial score (nSPS) is 25.8. The fourth-order valence-electron chi connectivity index (χ4n) is 2.73. The Balaban J connectivity index is 2.45. The molecule has 5 heteroatoms. The molecule has 2 rings (SSSR count). The molecule has 1 aromatic rings. The molecule has 0 aromatic heterocycles. The van der Waals surface area contributed by atoms with E-state index < -0.39 is 23.8 Å². The van der Waals surface area contributed by atoms with Gasteiger partial charge in [-0.3, -0.25) is 4.79 Å². The summed E-state index contributed by atoms with van der Waals surface area (Å²) in [7, 11) is 1.33. The van der Waals surface area contributed by atoms with E-state index in [2.05, 4.69) is 0 Å². The fraction of sp³-hybridized carbons (Fsp3) is 0.556. The molecule has 1 saturated heterocycles. The Labute approximate surface area is 136 Å². The van der Waals surface area contributed by atoms with Gasteiger partial charge in [0.25, 0.3) is 0 Å². The van der Waals surface area contributed by atoms with Crippen molar-refractivity contribution in [3.8, 4) is 0 Å². The lowest BCUT2D eigenvalue weighted by Crippen LogP contribution is -2.42. The minimum absolute atomic E-state index is 0.0668. The van der Waals surface area contributed by atoms with Gasteiger partial charge in [0, 0.05) is 11.3 Å². The highest BCUT2D eigenvalue weighted by Gasteiger charge is 2.58. The monoisotopic (exact) mass is 320 g/mol. The molecule has 1 aromatic carbocycles. The molecule has 0 N–H and O–H groups in total. The van der Waals surface area contributed by atoms with E-state index in [1.807, 2.05) is 51.1 Å². The second-order valence-electron chi connectivity index (χ2n) is 7.00. The van der Waals surface area contributed by atoms with Gasteiger partial charge in [-0.15, -0.1) is 0 Å². The SMILES string of the molecule is COC(=O)C[C@@H](C)[C@@]1(c2ccccc2)O[C@H](C(C)(C)C)OC1=O. The van der Waals surface area contributed by atoms with Gasteiger partial charge >= 0.3 is 11.9 Å². The van der Waals surface area contributed by atoms with Gasteiger partial charge in [0.05, 0.1) is 13.5 Å². The van der Waals surface area contributed by atoms with Crippen molar-refractivity contribution in [2.45, 2.75) is 46.0 Å². The summed E-state index contributed by atoms with van der Waals surface area (Å²) in [5, 5.41) is 0. The molecule has 126 valence electrons. The average molecular weight is 320 g/mol. The number of benzene rings is 1. The maximum Gasteiger partial charge on any atom is 0.345 e. The van der Waals surface area contributed by atoms with E-state index >= 15 is 0 Å². The second-order valence-corrected chi connectivity index (χ2v) is 7.00. The Hall–Kier alpha value is -1.88. The van der Waals surface area contributed by atoms with Crippen LogP contribution in [0.4, 0.5) is 0 Å². The van der Waals surface area contributed by atoms with Gasteiger partial charge in [-0.2, -0.15) is 0 Å². The lowest BCUT2D eigenvalue weighted by atomic mass is 9.80. The van der Waals surface area contributed by atoms with Gasteiger partial charge in [-0.25, -0.2) is 4.79 Å². The molecule has 0 aliphatic carbocycles. The minimum Gasteiger partial charge on any atom is -0.469 e. The van der Waals surface area contributed by atoms with Crippen LogP contribution in [0.1, 0.15) is 39.7 Å². The zero-order valence-corrected chi connectivity index (χ0v) is 14.3. The van der Waals surface area contributed by atoms with E-state index in [0.717, 1.165) is 0 Å². The minimum atomic E-state index is -1.30. The predicted octanol–water partition coefficient (Wildman–Crippen LogP) is 3.03. The highest BCUT2D eigenvalue weighted by molar-refractivity contribution is 5.84. The topological polar surface area (TPSA) is 61.8 Å².